The number of hydrogen-bond acceptors (Lipinski definition) is 6. The van der Waals surface area contributed by atoms with Gasteiger partial charge in [0.15, 0.2) is 5.16 Å². The van der Waals surface area contributed by atoms with Crippen LogP contribution in [0.4, 0.5) is 0 Å². The van der Waals surface area contributed by atoms with Crippen molar-refractivity contribution < 1.29 is 9.53 Å². The maximum Gasteiger partial charge on any atom is 0.316 e. The Balaban J connectivity index is 2.09. The van der Waals surface area contributed by atoms with Gasteiger partial charge in [-0.05, 0) is 45.2 Å². The van der Waals surface area contributed by atoms with Crippen LogP contribution in [-0.2, 0) is 9.53 Å². The molecule has 1 saturated carbocycles. The summed E-state index contributed by atoms with van der Waals surface area (Å²) >= 11 is 1.24. The lowest BCUT2D eigenvalue weighted by atomic mass is 10.2. The summed E-state index contributed by atoms with van der Waals surface area (Å²) in [5, 5.41) is 1.12. The van der Waals surface area contributed by atoms with Crippen molar-refractivity contribution in [1.29, 1.82) is 0 Å². The summed E-state index contributed by atoms with van der Waals surface area (Å²) < 4.78 is 6.96. The highest BCUT2D eigenvalue weighted by atomic mass is 32.2. The highest BCUT2D eigenvalue weighted by Gasteiger charge is 2.29. The number of carbonyl (C=O) groups excluding carboxylic acids is 1. The fourth-order valence-electron chi connectivity index (χ4n) is 2.63. The molecule has 0 aromatic carbocycles. The van der Waals surface area contributed by atoms with Crippen LogP contribution in [0.15, 0.2) is 16.0 Å². The Bertz CT molecular complexity index is 827. The fourth-order valence-corrected chi connectivity index (χ4v) is 3.49. The molecule has 2 aromatic heterocycles. The number of pyridine rings is 1. The third-order valence-electron chi connectivity index (χ3n) is 3.71. The normalized spacial score (nSPS) is 14.2. The molecule has 6 nitrogen and oxygen atoms in total. The lowest BCUT2D eigenvalue weighted by Gasteiger charge is -2.15. The van der Waals surface area contributed by atoms with Crippen LogP contribution in [0.3, 0.4) is 0 Å². The molecule has 0 unspecified atom stereocenters. The maximum absolute atomic E-state index is 12.4. The van der Waals surface area contributed by atoms with Crippen molar-refractivity contribution in [3.05, 3.63) is 27.7 Å². The Labute approximate surface area is 138 Å². The molecule has 0 amide bonds. The molecule has 0 radical (unpaired) electrons. The van der Waals surface area contributed by atoms with E-state index in [1.54, 1.807) is 6.92 Å². The predicted octanol–water partition coefficient (Wildman–Crippen LogP) is 2.40. The topological polar surface area (TPSA) is 74.1 Å². The SMILES string of the molecule is CCOC(=O)CSc1nc(=O)c2c(C)cc(C)nc2n1C1CC1. The minimum Gasteiger partial charge on any atom is -0.465 e. The molecule has 122 valence electrons. The number of fused-ring (bicyclic) bond motifs is 1. The number of esters is 1. The summed E-state index contributed by atoms with van der Waals surface area (Å²) in [6, 6.07) is 2.21. The average Bonchev–Trinajstić information content (AvgIpc) is 3.29. The van der Waals surface area contributed by atoms with Crippen LogP contribution in [0.1, 0.15) is 37.1 Å². The summed E-state index contributed by atoms with van der Waals surface area (Å²) in [5.41, 5.74) is 2.15. The molecule has 1 aliphatic rings. The van der Waals surface area contributed by atoms with Crippen LogP contribution < -0.4 is 5.56 Å². The van der Waals surface area contributed by atoms with E-state index in [4.69, 9.17) is 4.74 Å². The van der Waals surface area contributed by atoms with Crippen molar-refractivity contribution in [3.8, 4) is 0 Å². The largest absolute Gasteiger partial charge is 0.465 e. The summed E-state index contributed by atoms with van der Waals surface area (Å²) in [7, 11) is 0. The second-order valence-electron chi connectivity index (χ2n) is 5.67. The number of aryl methyl sites for hydroxylation is 2. The zero-order chi connectivity index (χ0) is 16.6. The first-order chi connectivity index (χ1) is 11.0. The Morgan fingerprint density at radius 3 is 2.78 bits per heavy atom. The molecule has 0 N–H and O–H groups in total. The van der Waals surface area contributed by atoms with Gasteiger partial charge in [0.25, 0.3) is 5.56 Å². The molecule has 1 aliphatic carbocycles. The second kappa shape index (κ2) is 6.31. The molecule has 1 fully saturated rings. The minimum atomic E-state index is -0.303. The van der Waals surface area contributed by atoms with Crippen LogP contribution in [0, 0.1) is 13.8 Å². The van der Waals surface area contributed by atoms with Crippen LogP contribution in [0.5, 0.6) is 0 Å². The Morgan fingerprint density at radius 1 is 1.39 bits per heavy atom. The minimum absolute atomic E-state index is 0.142. The van der Waals surface area contributed by atoms with Crippen molar-refractivity contribution in [2.24, 2.45) is 0 Å². The van der Waals surface area contributed by atoms with Gasteiger partial charge >= 0.3 is 5.97 Å². The van der Waals surface area contributed by atoms with E-state index in [0.29, 0.717) is 28.8 Å². The molecule has 0 atom stereocenters. The summed E-state index contributed by atoms with van der Waals surface area (Å²) in [5.74, 6) is -0.161. The van der Waals surface area contributed by atoms with E-state index >= 15 is 0 Å². The third kappa shape index (κ3) is 3.24. The first kappa shape index (κ1) is 16.0. The van der Waals surface area contributed by atoms with Gasteiger partial charge in [-0.1, -0.05) is 11.8 Å². The van der Waals surface area contributed by atoms with Crippen molar-refractivity contribution in [2.75, 3.05) is 12.4 Å². The van der Waals surface area contributed by atoms with Gasteiger partial charge in [-0.25, -0.2) is 4.98 Å². The Hall–Kier alpha value is -1.89. The molecule has 7 heteroatoms. The van der Waals surface area contributed by atoms with Gasteiger partial charge in [-0.15, -0.1) is 0 Å². The van der Waals surface area contributed by atoms with Gasteiger partial charge < -0.3 is 9.30 Å². The smallest absolute Gasteiger partial charge is 0.316 e. The monoisotopic (exact) mass is 333 g/mol. The van der Waals surface area contributed by atoms with Gasteiger partial charge in [0.1, 0.15) is 5.65 Å². The van der Waals surface area contributed by atoms with Crippen LogP contribution in [-0.4, -0.2) is 32.9 Å². The summed E-state index contributed by atoms with van der Waals surface area (Å²) in [6.45, 7) is 5.94. The zero-order valence-electron chi connectivity index (χ0n) is 13.5. The molecule has 23 heavy (non-hydrogen) atoms. The highest BCUT2D eigenvalue weighted by Crippen LogP contribution is 2.39. The molecule has 2 heterocycles. The Morgan fingerprint density at radius 2 is 2.13 bits per heavy atom. The maximum atomic E-state index is 12.4. The molecule has 3 rings (SSSR count). The zero-order valence-corrected chi connectivity index (χ0v) is 14.3. The van der Waals surface area contributed by atoms with Crippen LogP contribution in [0.25, 0.3) is 11.0 Å². The number of nitrogens with zero attached hydrogens (tertiary/aromatic N) is 3. The average molecular weight is 333 g/mol. The Kier molecular flexibility index (Phi) is 4.39. The molecule has 0 saturated heterocycles. The lowest BCUT2D eigenvalue weighted by Crippen LogP contribution is -2.19. The quantitative estimate of drug-likeness (QED) is 0.475. The van der Waals surface area contributed by atoms with Gasteiger partial charge in [0, 0.05) is 11.7 Å². The van der Waals surface area contributed by atoms with Crippen molar-refractivity contribution >= 4 is 28.8 Å². The lowest BCUT2D eigenvalue weighted by molar-refractivity contribution is -0.139. The number of carbonyl (C=O) groups is 1. The van der Waals surface area contributed by atoms with Gasteiger partial charge in [-0.2, -0.15) is 4.98 Å². The predicted molar refractivity (Wildman–Crippen MR) is 88.9 cm³/mol. The van der Waals surface area contributed by atoms with E-state index in [1.807, 2.05) is 24.5 Å². The van der Waals surface area contributed by atoms with Crippen molar-refractivity contribution in [2.45, 2.75) is 44.8 Å². The second-order valence-corrected chi connectivity index (χ2v) is 6.62. The number of ether oxygens (including phenoxy) is 1. The molecule has 0 aliphatic heterocycles. The molecule has 2 aromatic rings. The van der Waals surface area contributed by atoms with Crippen molar-refractivity contribution in [3.63, 3.8) is 0 Å². The first-order valence-electron chi connectivity index (χ1n) is 7.70. The fraction of sp³-hybridized carbons (Fsp3) is 0.500. The first-order valence-corrected chi connectivity index (χ1v) is 8.68. The van der Waals surface area contributed by atoms with Gasteiger partial charge in [0.05, 0.1) is 17.7 Å². The third-order valence-corrected chi connectivity index (χ3v) is 4.63. The van der Waals surface area contributed by atoms with E-state index in [-0.39, 0.29) is 17.3 Å². The summed E-state index contributed by atoms with van der Waals surface area (Å²) in [4.78, 5) is 32.8. The number of rotatable bonds is 5. The molecular formula is C16H19N3O3S. The number of thioether (sulfide) groups is 1. The van der Waals surface area contributed by atoms with Crippen molar-refractivity contribution in [1.82, 2.24) is 14.5 Å². The summed E-state index contributed by atoms with van der Waals surface area (Å²) in [6.07, 6.45) is 2.09. The van der Waals surface area contributed by atoms with E-state index < -0.39 is 0 Å². The highest BCUT2D eigenvalue weighted by molar-refractivity contribution is 7.99. The van der Waals surface area contributed by atoms with E-state index in [2.05, 4.69) is 9.97 Å². The van der Waals surface area contributed by atoms with Gasteiger partial charge in [-0.3, -0.25) is 9.59 Å². The standard InChI is InChI=1S/C16H19N3O3S/c1-4-22-12(20)8-23-16-18-15(21)13-9(2)7-10(3)17-14(13)19(16)11-5-6-11/h7,11H,4-6,8H2,1-3H3. The van der Waals surface area contributed by atoms with Crippen LogP contribution >= 0.6 is 11.8 Å². The van der Waals surface area contributed by atoms with Crippen LogP contribution in [0.2, 0.25) is 0 Å². The number of hydrogen-bond donors (Lipinski definition) is 0. The molecular weight excluding hydrogens is 314 g/mol. The van der Waals surface area contributed by atoms with E-state index in [1.165, 1.54) is 11.8 Å². The van der Waals surface area contributed by atoms with Gasteiger partial charge in [0.2, 0.25) is 0 Å². The molecule has 0 bridgehead atoms. The van der Waals surface area contributed by atoms with E-state index in [9.17, 15) is 9.59 Å². The number of aromatic nitrogens is 3. The molecule has 0 spiro atoms. The van der Waals surface area contributed by atoms with E-state index in [0.717, 1.165) is 24.1 Å².